The predicted octanol–water partition coefficient (Wildman–Crippen LogP) is 1.28. The third-order valence-corrected chi connectivity index (χ3v) is 5.81. The van der Waals surface area contributed by atoms with Gasteiger partial charge in [0.2, 0.25) is 0 Å². The van der Waals surface area contributed by atoms with E-state index in [9.17, 15) is 20.4 Å². The van der Waals surface area contributed by atoms with Crippen LogP contribution in [0.15, 0.2) is 30.3 Å². The van der Waals surface area contributed by atoms with Gasteiger partial charge in [0, 0.05) is 23.6 Å². The molecule has 0 radical (unpaired) electrons. The second-order valence-corrected chi connectivity index (χ2v) is 7.92. The van der Waals surface area contributed by atoms with Crippen molar-refractivity contribution in [3.05, 3.63) is 47.0 Å². The topological polar surface area (TPSA) is 109 Å². The lowest BCUT2D eigenvalue weighted by molar-refractivity contribution is -0.272. The van der Waals surface area contributed by atoms with Gasteiger partial charge in [-0.25, -0.2) is 0 Å². The largest absolute Gasteiger partial charge is 0.508 e. The lowest BCUT2D eigenvalue weighted by Gasteiger charge is -2.40. The first-order chi connectivity index (χ1) is 12.7. The van der Waals surface area contributed by atoms with E-state index >= 15 is 0 Å². The van der Waals surface area contributed by atoms with E-state index in [0.717, 1.165) is 0 Å². The molecule has 2 aromatic rings. The van der Waals surface area contributed by atoms with Gasteiger partial charge in [-0.1, -0.05) is 0 Å². The van der Waals surface area contributed by atoms with Gasteiger partial charge in [-0.15, -0.1) is 0 Å². The molecule has 3 heterocycles. The molecule has 0 aromatic heterocycles. The molecule has 3 aliphatic rings. The summed E-state index contributed by atoms with van der Waals surface area (Å²) in [5.41, 5.74) is -1.40. The fraction of sp³-hybridized carbons (Fsp3) is 0.400. The Morgan fingerprint density at radius 1 is 1.00 bits per heavy atom. The molecule has 0 aliphatic carbocycles. The summed E-state index contributed by atoms with van der Waals surface area (Å²) in [6.45, 7) is 3.35. The molecular formula is C20H20O7. The monoisotopic (exact) mass is 372 g/mol. The van der Waals surface area contributed by atoms with Crippen molar-refractivity contribution in [2.24, 2.45) is 0 Å². The first-order valence-corrected chi connectivity index (χ1v) is 8.79. The molecular weight excluding hydrogens is 352 g/mol. The summed E-state index contributed by atoms with van der Waals surface area (Å²) in [6, 6.07) is 7.57. The fourth-order valence-corrected chi connectivity index (χ4v) is 4.09. The smallest absolute Gasteiger partial charge is 0.275 e. The van der Waals surface area contributed by atoms with Crippen LogP contribution in [0.4, 0.5) is 0 Å². The Labute approximate surface area is 155 Å². The second-order valence-electron chi connectivity index (χ2n) is 7.92. The summed E-state index contributed by atoms with van der Waals surface area (Å²) in [5, 5.41) is 42.8. The van der Waals surface area contributed by atoms with E-state index in [1.54, 1.807) is 26.0 Å². The Hall–Kier alpha value is -2.48. The number of aliphatic hydroxyl groups is 3. The van der Waals surface area contributed by atoms with E-state index in [-0.39, 0.29) is 35.8 Å². The van der Waals surface area contributed by atoms with Crippen molar-refractivity contribution in [1.82, 2.24) is 0 Å². The number of benzene rings is 2. The average Bonchev–Trinajstić information content (AvgIpc) is 2.84. The van der Waals surface area contributed by atoms with Gasteiger partial charge in [0.1, 0.15) is 35.2 Å². The highest BCUT2D eigenvalue weighted by molar-refractivity contribution is 5.60. The summed E-state index contributed by atoms with van der Waals surface area (Å²) in [6.07, 6.45) is -0.506. The van der Waals surface area contributed by atoms with Gasteiger partial charge in [0.05, 0.1) is 11.7 Å². The molecule has 5 rings (SSSR count). The van der Waals surface area contributed by atoms with Crippen LogP contribution in [0.5, 0.6) is 23.0 Å². The number of rotatable bonds is 0. The molecule has 0 amide bonds. The third kappa shape index (κ3) is 1.96. The Balaban J connectivity index is 1.69. The Morgan fingerprint density at radius 2 is 1.74 bits per heavy atom. The minimum atomic E-state index is -2.08. The summed E-state index contributed by atoms with van der Waals surface area (Å²) >= 11 is 0. The zero-order valence-electron chi connectivity index (χ0n) is 14.9. The van der Waals surface area contributed by atoms with E-state index in [1.165, 1.54) is 18.2 Å². The summed E-state index contributed by atoms with van der Waals surface area (Å²) in [4.78, 5) is 0. The standard InChI is InChI=1S/C20H20O7/c1-18(2)16(22)8-11-14(26-18)6-5-13-17(11)27-20(24)12-4-3-10(21)7-15(12)25-9-19(13,20)23/h3-7,16,21-24H,8-9H2,1-2H3. The van der Waals surface area contributed by atoms with E-state index in [0.29, 0.717) is 16.9 Å². The SMILES string of the molecule is CC1(C)Oc2ccc3c(c2CC1O)OC1(O)c2ccc(O)cc2OCC31O. The molecule has 3 unspecified atom stereocenters. The molecule has 27 heavy (non-hydrogen) atoms. The Morgan fingerprint density at radius 3 is 2.52 bits per heavy atom. The number of fused-ring (bicyclic) bond motifs is 7. The van der Waals surface area contributed by atoms with E-state index in [2.05, 4.69) is 0 Å². The number of phenolic OH excluding ortho intramolecular Hbond substituents is 1. The fourth-order valence-electron chi connectivity index (χ4n) is 4.09. The van der Waals surface area contributed by atoms with Crippen molar-refractivity contribution in [2.45, 2.75) is 43.4 Å². The molecule has 0 spiro atoms. The molecule has 142 valence electrons. The van der Waals surface area contributed by atoms with Crippen LogP contribution in [0.1, 0.15) is 30.5 Å². The number of aromatic hydroxyl groups is 1. The van der Waals surface area contributed by atoms with Crippen molar-refractivity contribution < 1.29 is 34.6 Å². The van der Waals surface area contributed by atoms with Crippen LogP contribution >= 0.6 is 0 Å². The van der Waals surface area contributed by atoms with Crippen molar-refractivity contribution in [3.8, 4) is 23.0 Å². The Kier molecular flexibility index (Phi) is 3.00. The summed E-state index contributed by atoms with van der Waals surface area (Å²) < 4.78 is 17.5. The van der Waals surface area contributed by atoms with Crippen LogP contribution in [-0.4, -0.2) is 38.7 Å². The number of hydrogen-bond acceptors (Lipinski definition) is 7. The van der Waals surface area contributed by atoms with Crippen LogP contribution < -0.4 is 14.2 Å². The highest BCUT2D eigenvalue weighted by Gasteiger charge is 2.65. The first-order valence-electron chi connectivity index (χ1n) is 8.79. The van der Waals surface area contributed by atoms with Crippen LogP contribution in [0.2, 0.25) is 0 Å². The molecule has 7 nitrogen and oxygen atoms in total. The van der Waals surface area contributed by atoms with Crippen LogP contribution in [-0.2, 0) is 17.8 Å². The highest BCUT2D eigenvalue weighted by atomic mass is 16.7. The first kappa shape index (κ1) is 16.7. The zero-order valence-corrected chi connectivity index (χ0v) is 14.9. The molecule has 2 aromatic carbocycles. The lowest BCUT2D eigenvalue weighted by atomic mass is 9.80. The van der Waals surface area contributed by atoms with Crippen LogP contribution in [0, 0.1) is 0 Å². The second kappa shape index (κ2) is 4.86. The number of ether oxygens (including phenoxy) is 3. The van der Waals surface area contributed by atoms with Gasteiger partial charge in [0.15, 0.2) is 5.60 Å². The predicted molar refractivity (Wildman–Crippen MR) is 92.9 cm³/mol. The molecule has 3 aliphatic heterocycles. The summed E-state index contributed by atoms with van der Waals surface area (Å²) in [5.74, 6) is -1.03. The molecule has 4 N–H and O–H groups in total. The normalized spacial score (nSPS) is 32.1. The van der Waals surface area contributed by atoms with Gasteiger partial charge in [-0.2, -0.15) is 0 Å². The molecule has 7 heteroatoms. The van der Waals surface area contributed by atoms with Gasteiger partial charge in [-0.05, 0) is 38.1 Å². The maximum absolute atomic E-state index is 11.4. The van der Waals surface area contributed by atoms with E-state index in [1.807, 2.05) is 0 Å². The van der Waals surface area contributed by atoms with Crippen LogP contribution in [0.3, 0.4) is 0 Å². The molecule has 0 saturated carbocycles. The molecule has 3 atom stereocenters. The van der Waals surface area contributed by atoms with Gasteiger partial charge in [0.25, 0.3) is 5.79 Å². The van der Waals surface area contributed by atoms with Crippen LogP contribution in [0.25, 0.3) is 0 Å². The third-order valence-electron chi connectivity index (χ3n) is 5.81. The van der Waals surface area contributed by atoms with Crippen molar-refractivity contribution in [1.29, 1.82) is 0 Å². The maximum Gasteiger partial charge on any atom is 0.275 e. The molecule has 0 saturated heterocycles. The highest BCUT2D eigenvalue weighted by Crippen LogP contribution is 2.59. The molecule has 0 bridgehead atoms. The van der Waals surface area contributed by atoms with Gasteiger partial charge >= 0.3 is 0 Å². The van der Waals surface area contributed by atoms with Crippen molar-refractivity contribution in [3.63, 3.8) is 0 Å². The maximum atomic E-state index is 11.4. The van der Waals surface area contributed by atoms with E-state index < -0.39 is 23.1 Å². The number of hydrogen-bond donors (Lipinski definition) is 4. The van der Waals surface area contributed by atoms with E-state index in [4.69, 9.17) is 14.2 Å². The van der Waals surface area contributed by atoms with Gasteiger partial charge < -0.3 is 34.6 Å². The van der Waals surface area contributed by atoms with Gasteiger partial charge in [-0.3, -0.25) is 0 Å². The number of phenols is 1. The molecule has 0 fully saturated rings. The zero-order chi connectivity index (χ0) is 19.2. The summed E-state index contributed by atoms with van der Waals surface area (Å²) in [7, 11) is 0. The minimum Gasteiger partial charge on any atom is -0.508 e. The number of aliphatic hydroxyl groups excluding tert-OH is 1. The minimum absolute atomic E-state index is 0.0190. The quantitative estimate of drug-likeness (QED) is 0.552. The van der Waals surface area contributed by atoms with Crippen molar-refractivity contribution >= 4 is 0 Å². The Bertz CT molecular complexity index is 969. The average molecular weight is 372 g/mol. The van der Waals surface area contributed by atoms with Crippen molar-refractivity contribution in [2.75, 3.05) is 6.61 Å². The lowest BCUT2D eigenvalue weighted by Crippen LogP contribution is -2.55.